The van der Waals surface area contributed by atoms with E-state index in [0.717, 1.165) is 5.69 Å². The molecule has 5 heteroatoms. The van der Waals surface area contributed by atoms with Crippen molar-refractivity contribution in [2.45, 2.75) is 13.8 Å². The van der Waals surface area contributed by atoms with Crippen LogP contribution < -0.4 is 5.32 Å². The van der Waals surface area contributed by atoms with Gasteiger partial charge in [-0.3, -0.25) is 0 Å². The average molecular weight is 266 g/mol. The van der Waals surface area contributed by atoms with Crippen molar-refractivity contribution in [2.24, 2.45) is 0 Å². The van der Waals surface area contributed by atoms with Gasteiger partial charge in [0.2, 0.25) is 5.95 Å². The summed E-state index contributed by atoms with van der Waals surface area (Å²) in [6.45, 7) is 3.53. The van der Waals surface area contributed by atoms with Crippen molar-refractivity contribution in [2.75, 3.05) is 12.4 Å². The van der Waals surface area contributed by atoms with Crippen molar-refractivity contribution in [3.63, 3.8) is 0 Å². The molecule has 94 valence electrons. The molecule has 0 aliphatic heterocycles. The lowest BCUT2D eigenvalue weighted by molar-refractivity contribution is 0.619. The van der Waals surface area contributed by atoms with Crippen LogP contribution in [0.15, 0.2) is 18.2 Å². The summed E-state index contributed by atoms with van der Waals surface area (Å²) in [6.07, 6.45) is 0. The highest BCUT2D eigenvalue weighted by Gasteiger charge is 2.11. The van der Waals surface area contributed by atoms with Gasteiger partial charge in [0, 0.05) is 18.3 Å². The monoisotopic (exact) mass is 265 g/mol. The zero-order valence-corrected chi connectivity index (χ0v) is 11.1. The van der Waals surface area contributed by atoms with Crippen LogP contribution in [0.4, 0.5) is 10.3 Å². The molecule has 1 aromatic carbocycles. The van der Waals surface area contributed by atoms with Gasteiger partial charge >= 0.3 is 0 Å². The zero-order chi connectivity index (χ0) is 13.3. The van der Waals surface area contributed by atoms with Gasteiger partial charge < -0.3 is 5.32 Å². The number of hydrogen-bond acceptors (Lipinski definition) is 3. The van der Waals surface area contributed by atoms with E-state index in [2.05, 4.69) is 15.3 Å². The normalized spacial score (nSPS) is 10.5. The highest BCUT2D eigenvalue weighted by molar-refractivity contribution is 6.33. The molecule has 0 aliphatic rings. The molecule has 0 saturated heterocycles. The largest absolute Gasteiger partial charge is 0.357 e. The number of nitrogens with one attached hydrogen (secondary N) is 1. The first-order chi connectivity index (χ1) is 8.51. The Labute approximate surface area is 110 Å². The van der Waals surface area contributed by atoms with Gasteiger partial charge in [-0.15, -0.1) is 0 Å². The Morgan fingerprint density at radius 1 is 1.17 bits per heavy atom. The zero-order valence-electron chi connectivity index (χ0n) is 10.4. The Kier molecular flexibility index (Phi) is 3.48. The molecule has 1 aromatic heterocycles. The molecule has 0 unspecified atom stereocenters. The Hall–Kier alpha value is -1.68. The fraction of sp³-hybridized carbons (Fsp3) is 0.231. The molecule has 1 N–H and O–H groups in total. The number of rotatable bonds is 2. The predicted octanol–water partition coefficient (Wildman–Crippen LogP) is 3.59. The highest BCUT2D eigenvalue weighted by Crippen LogP contribution is 2.29. The standard InChI is InChI=1S/C13H13ClFN3/c1-7-4-10(14)9(6-11(7)15)12-5-8(2)17-13(16-3)18-12/h4-6H,1-3H3,(H,16,17,18). The summed E-state index contributed by atoms with van der Waals surface area (Å²) < 4.78 is 13.6. The summed E-state index contributed by atoms with van der Waals surface area (Å²) in [7, 11) is 1.73. The third-order valence-electron chi connectivity index (χ3n) is 2.60. The third kappa shape index (κ3) is 2.43. The molecular weight excluding hydrogens is 253 g/mol. The molecule has 3 nitrogen and oxygen atoms in total. The molecule has 0 aliphatic carbocycles. The summed E-state index contributed by atoms with van der Waals surface area (Å²) >= 11 is 6.14. The molecule has 2 rings (SSSR count). The molecule has 0 bridgehead atoms. The number of aromatic nitrogens is 2. The van der Waals surface area contributed by atoms with Crippen LogP contribution >= 0.6 is 11.6 Å². The summed E-state index contributed by atoms with van der Waals surface area (Å²) in [5.41, 5.74) is 2.49. The first-order valence-corrected chi connectivity index (χ1v) is 5.88. The van der Waals surface area contributed by atoms with E-state index in [9.17, 15) is 4.39 Å². The van der Waals surface area contributed by atoms with Crippen LogP contribution in [-0.2, 0) is 0 Å². The van der Waals surface area contributed by atoms with Crippen molar-refractivity contribution < 1.29 is 4.39 Å². The number of nitrogens with zero attached hydrogens (tertiary/aromatic N) is 2. The van der Waals surface area contributed by atoms with Crippen LogP contribution in [0.3, 0.4) is 0 Å². The van der Waals surface area contributed by atoms with Gasteiger partial charge in [-0.2, -0.15) is 0 Å². The van der Waals surface area contributed by atoms with Crippen LogP contribution in [0, 0.1) is 19.7 Å². The summed E-state index contributed by atoms with van der Waals surface area (Å²) in [4.78, 5) is 8.47. The van der Waals surface area contributed by atoms with Gasteiger partial charge in [0.1, 0.15) is 5.82 Å². The second-order valence-corrected chi connectivity index (χ2v) is 4.46. The van der Waals surface area contributed by atoms with E-state index in [0.29, 0.717) is 27.8 Å². The molecule has 0 amide bonds. The summed E-state index contributed by atoms with van der Waals surface area (Å²) in [5.74, 6) is 0.193. The Morgan fingerprint density at radius 3 is 2.56 bits per heavy atom. The molecule has 2 aromatic rings. The molecule has 0 spiro atoms. The molecule has 0 saturated carbocycles. The fourth-order valence-corrected chi connectivity index (χ4v) is 1.98. The minimum absolute atomic E-state index is 0.295. The summed E-state index contributed by atoms with van der Waals surface area (Å²) in [5, 5.41) is 3.34. The molecule has 18 heavy (non-hydrogen) atoms. The van der Waals surface area contributed by atoms with Crippen molar-refractivity contribution in [1.29, 1.82) is 0 Å². The lowest BCUT2D eigenvalue weighted by Gasteiger charge is -2.08. The Morgan fingerprint density at radius 2 is 1.89 bits per heavy atom. The van der Waals surface area contributed by atoms with E-state index < -0.39 is 0 Å². The van der Waals surface area contributed by atoms with E-state index in [-0.39, 0.29) is 5.82 Å². The fourth-order valence-electron chi connectivity index (χ4n) is 1.66. The molecule has 0 radical (unpaired) electrons. The SMILES string of the molecule is CNc1nc(C)cc(-c2cc(F)c(C)cc2Cl)n1. The van der Waals surface area contributed by atoms with E-state index in [1.807, 2.05) is 6.92 Å². The number of hydrogen-bond donors (Lipinski definition) is 1. The van der Waals surface area contributed by atoms with Crippen LogP contribution in [0.25, 0.3) is 11.3 Å². The van der Waals surface area contributed by atoms with Crippen LogP contribution in [-0.4, -0.2) is 17.0 Å². The lowest BCUT2D eigenvalue weighted by Crippen LogP contribution is -2.00. The third-order valence-corrected chi connectivity index (χ3v) is 2.91. The van der Waals surface area contributed by atoms with Crippen LogP contribution in [0.2, 0.25) is 5.02 Å². The quantitative estimate of drug-likeness (QED) is 0.902. The number of anilines is 1. The van der Waals surface area contributed by atoms with Crippen molar-refractivity contribution in [1.82, 2.24) is 9.97 Å². The van der Waals surface area contributed by atoms with Gasteiger partial charge in [-0.25, -0.2) is 14.4 Å². The van der Waals surface area contributed by atoms with Gasteiger partial charge in [0.25, 0.3) is 0 Å². The average Bonchev–Trinajstić information content (AvgIpc) is 2.33. The van der Waals surface area contributed by atoms with Gasteiger partial charge in [-0.1, -0.05) is 11.6 Å². The minimum Gasteiger partial charge on any atom is -0.357 e. The predicted molar refractivity (Wildman–Crippen MR) is 71.5 cm³/mol. The van der Waals surface area contributed by atoms with Gasteiger partial charge in [0.05, 0.1) is 10.7 Å². The lowest BCUT2D eigenvalue weighted by atomic mass is 10.1. The molecular formula is C13H13ClFN3. The van der Waals surface area contributed by atoms with E-state index >= 15 is 0 Å². The Bertz CT molecular complexity index is 599. The maximum absolute atomic E-state index is 13.6. The smallest absolute Gasteiger partial charge is 0.223 e. The molecule has 0 fully saturated rings. The number of aryl methyl sites for hydroxylation is 2. The van der Waals surface area contributed by atoms with Crippen molar-refractivity contribution in [3.05, 3.63) is 40.3 Å². The second kappa shape index (κ2) is 4.90. The maximum Gasteiger partial charge on any atom is 0.223 e. The first-order valence-electron chi connectivity index (χ1n) is 5.50. The highest BCUT2D eigenvalue weighted by atomic mass is 35.5. The molecule has 1 heterocycles. The minimum atomic E-state index is -0.295. The number of benzene rings is 1. The van der Waals surface area contributed by atoms with Gasteiger partial charge in [-0.05, 0) is 37.6 Å². The first kappa shape index (κ1) is 12.8. The van der Waals surface area contributed by atoms with Crippen molar-refractivity contribution in [3.8, 4) is 11.3 Å². The molecule has 0 atom stereocenters. The van der Waals surface area contributed by atoms with Crippen LogP contribution in [0.5, 0.6) is 0 Å². The van der Waals surface area contributed by atoms with Crippen molar-refractivity contribution >= 4 is 17.5 Å². The van der Waals surface area contributed by atoms with E-state index in [1.165, 1.54) is 6.07 Å². The summed E-state index contributed by atoms with van der Waals surface area (Å²) in [6, 6.07) is 4.78. The number of halogens is 2. The van der Waals surface area contributed by atoms with E-state index in [4.69, 9.17) is 11.6 Å². The van der Waals surface area contributed by atoms with Gasteiger partial charge in [0.15, 0.2) is 0 Å². The maximum atomic E-state index is 13.6. The van der Waals surface area contributed by atoms with E-state index in [1.54, 1.807) is 26.1 Å². The Balaban J connectivity index is 2.61. The second-order valence-electron chi connectivity index (χ2n) is 4.05. The van der Waals surface area contributed by atoms with Crippen LogP contribution in [0.1, 0.15) is 11.3 Å². The topological polar surface area (TPSA) is 37.8 Å².